The summed E-state index contributed by atoms with van der Waals surface area (Å²) in [6.07, 6.45) is 5.82. The normalized spacial score (nSPS) is 10.0. The van der Waals surface area contributed by atoms with Gasteiger partial charge in [0.2, 0.25) is 6.33 Å². The first-order chi connectivity index (χ1) is 5.88. The Balaban J connectivity index is 2.51. The third-order valence-corrected chi connectivity index (χ3v) is 1.46. The molecule has 0 atom stereocenters. The van der Waals surface area contributed by atoms with Crippen LogP contribution in [0.2, 0.25) is 0 Å². The van der Waals surface area contributed by atoms with Crippen molar-refractivity contribution < 1.29 is 0 Å². The van der Waals surface area contributed by atoms with Gasteiger partial charge in [0.05, 0.1) is 0 Å². The lowest BCUT2D eigenvalue weighted by molar-refractivity contribution is 0.993. The molecule has 59 valence electrons. The number of nitrogens with two attached hydrogens (primary N) is 1. The van der Waals surface area contributed by atoms with Gasteiger partial charge in [-0.05, 0) is 12.1 Å². The van der Waals surface area contributed by atoms with Crippen LogP contribution in [-0.4, -0.2) is 19.9 Å². The fourth-order valence-corrected chi connectivity index (χ4v) is 0.911. The Bertz CT molecular complexity index is 366. The number of pyridine rings is 1. The van der Waals surface area contributed by atoms with E-state index in [1.165, 1.54) is 4.68 Å². The van der Waals surface area contributed by atoms with E-state index in [9.17, 15) is 0 Å². The van der Waals surface area contributed by atoms with Crippen LogP contribution in [0.4, 0.5) is 0 Å². The molecule has 2 aromatic rings. The molecule has 0 amide bonds. The predicted octanol–water partition coefficient (Wildman–Crippen LogP) is -0.146. The molecular weight excluding hydrogens is 154 g/mol. The quantitative estimate of drug-likeness (QED) is 0.589. The molecule has 0 aliphatic heterocycles. The van der Waals surface area contributed by atoms with Crippen LogP contribution in [0.3, 0.4) is 0 Å². The smallest absolute Gasteiger partial charge is 0.222 e. The molecule has 0 aliphatic rings. The highest BCUT2D eigenvalue weighted by Crippen LogP contribution is 2.11. The molecule has 12 heavy (non-hydrogen) atoms. The van der Waals surface area contributed by atoms with Crippen LogP contribution in [0.5, 0.6) is 0 Å². The second-order valence-corrected chi connectivity index (χ2v) is 2.23. The maximum absolute atomic E-state index is 5.49. The van der Waals surface area contributed by atoms with Gasteiger partial charge >= 0.3 is 0 Å². The Morgan fingerprint density at radius 2 is 2.08 bits per heavy atom. The largest absolute Gasteiger partial charge is 0.336 e. The Morgan fingerprint density at radius 1 is 1.33 bits per heavy atom. The standard InChI is InChI=1S/C7H6N5/c8-12-5-10-11-7(12)6-1-3-9-4-2-6/h1-4H,8H2. The zero-order chi connectivity index (χ0) is 8.39. The van der Waals surface area contributed by atoms with Crippen LogP contribution in [-0.2, 0) is 0 Å². The van der Waals surface area contributed by atoms with Gasteiger partial charge in [-0.1, -0.05) is 0 Å². The molecule has 0 saturated carbocycles. The van der Waals surface area contributed by atoms with Crippen molar-refractivity contribution in [3.63, 3.8) is 0 Å². The van der Waals surface area contributed by atoms with Gasteiger partial charge in [0, 0.05) is 18.0 Å². The van der Waals surface area contributed by atoms with E-state index < -0.39 is 0 Å². The highest BCUT2D eigenvalue weighted by Gasteiger charge is 2.03. The first kappa shape index (κ1) is 6.78. The summed E-state index contributed by atoms with van der Waals surface area (Å²) >= 11 is 0. The van der Waals surface area contributed by atoms with Crippen molar-refractivity contribution in [1.82, 2.24) is 19.9 Å². The molecule has 2 rings (SSSR count). The van der Waals surface area contributed by atoms with Gasteiger partial charge in [-0.2, -0.15) is 0 Å². The van der Waals surface area contributed by atoms with Gasteiger partial charge in [-0.15, -0.1) is 10.2 Å². The minimum Gasteiger partial charge on any atom is -0.336 e. The minimum absolute atomic E-state index is 0.581. The average molecular weight is 160 g/mol. The van der Waals surface area contributed by atoms with Crippen molar-refractivity contribution in [2.75, 3.05) is 5.84 Å². The lowest BCUT2D eigenvalue weighted by atomic mass is 10.2. The van der Waals surface area contributed by atoms with Crippen LogP contribution in [0.15, 0.2) is 24.5 Å². The van der Waals surface area contributed by atoms with Crippen molar-refractivity contribution in [3.05, 3.63) is 30.9 Å². The van der Waals surface area contributed by atoms with Crippen LogP contribution >= 0.6 is 0 Å². The lowest BCUT2D eigenvalue weighted by Gasteiger charge is -1.96. The molecule has 5 heteroatoms. The topological polar surface area (TPSA) is 69.6 Å². The molecule has 2 N–H and O–H groups in total. The molecule has 0 aromatic carbocycles. The molecular formula is C7H6N5. The Morgan fingerprint density at radius 3 is 2.67 bits per heavy atom. The summed E-state index contributed by atoms with van der Waals surface area (Å²) in [6.45, 7) is 0. The van der Waals surface area contributed by atoms with Gasteiger partial charge in [0.15, 0.2) is 5.82 Å². The highest BCUT2D eigenvalue weighted by atomic mass is 15.4. The SMILES string of the molecule is Nn1[c]nnc1-c1ccncc1. The number of nitrogens with zero attached hydrogens (tertiary/aromatic N) is 4. The van der Waals surface area contributed by atoms with Crippen molar-refractivity contribution in [1.29, 1.82) is 0 Å². The second kappa shape index (κ2) is 2.61. The molecule has 0 aliphatic carbocycles. The Kier molecular flexibility index (Phi) is 1.48. The summed E-state index contributed by atoms with van der Waals surface area (Å²) in [4.78, 5) is 3.88. The first-order valence-electron chi connectivity index (χ1n) is 3.36. The van der Waals surface area contributed by atoms with Gasteiger partial charge in [-0.25, -0.2) is 4.68 Å². The fraction of sp³-hybridized carbons (Fsp3) is 0. The van der Waals surface area contributed by atoms with Crippen LogP contribution in [0.1, 0.15) is 0 Å². The molecule has 0 bridgehead atoms. The van der Waals surface area contributed by atoms with E-state index in [0.29, 0.717) is 5.82 Å². The summed E-state index contributed by atoms with van der Waals surface area (Å²) in [5.41, 5.74) is 0.876. The van der Waals surface area contributed by atoms with E-state index in [4.69, 9.17) is 5.84 Å². The van der Waals surface area contributed by atoms with E-state index in [0.717, 1.165) is 5.56 Å². The average Bonchev–Trinajstić information content (AvgIpc) is 2.53. The third kappa shape index (κ3) is 1.01. The Labute approximate surface area is 68.8 Å². The number of hydrogen-bond donors (Lipinski definition) is 1. The summed E-state index contributed by atoms with van der Waals surface area (Å²) in [7, 11) is 0. The molecule has 0 spiro atoms. The third-order valence-electron chi connectivity index (χ3n) is 1.46. The summed E-state index contributed by atoms with van der Waals surface area (Å²) in [5.74, 6) is 6.07. The van der Waals surface area contributed by atoms with Gasteiger partial charge in [0.1, 0.15) is 0 Å². The van der Waals surface area contributed by atoms with Crippen molar-refractivity contribution in [2.24, 2.45) is 0 Å². The number of aromatic nitrogens is 4. The number of rotatable bonds is 1. The zero-order valence-corrected chi connectivity index (χ0v) is 6.18. The fourth-order valence-electron chi connectivity index (χ4n) is 0.911. The predicted molar refractivity (Wildman–Crippen MR) is 42.2 cm³/mol. The molecule has 2 aromatic heterocycles. The van der Waals surface area contributed by atoms with Crippen LogP contribution in [0.25, 0.3) is 11.4 Å². The lowest BCUT2D eigenvalue weighted by Crippen LogP contribution is -2.08. The van der Waals surface area contributed by atoms with E-state index in [2.05, 4.69) is 21.5 Å². The minimum atomic E-state index is 0.581. The summed E-state index contributed by atoms with van der Waals surface area (Å²) in [6, 6.07) is 3.61. The van der Waals surface area contributed by atoms with Gasteiger partial charge in [-0.3, -0.25) is 4.98 Å². The van der Waals surface area contributed by atoms with E-state index in [1.54, 1.807) is 24.5 Å². The maximum Gasteiger partial charge on any atom is 0.222 e. The summed E-state index contributed by atoms with van der Waals surface area (Å²) < 4.78 is 1.25. The number of nitrogen functional groups attached to an aromatic ring is 1. The summed E-state index contributed by atoms with van der Waals surface area (Å²) in [5, 5.41) is 7.33. The monoisotopic (exact) mass is 160 g/mol. The van der Waals surface area contributed by atoms with Crippen molar-refractivity contribution >= 4 is 0 Å². The molecule has 1 radical (unpaired) electrons. The van der Waals surface area contributed by atoms with Gasteiger partial charge < -0.3 is 5.84 Å². The molecule has 2 heterocycles. The maximum atomic E-state index is 5.49. The van der Waals surface area contributed by atoms with Crippen molar-refractivity contribution in [2.45, 2.75) is 0 Å². The van der Waals surface area contributed by atoms with Crippen LogP contribution in [0, 0.1) is 6.33 Å². The van der Waals surface area contributed by atoms with Gasteiger partial charge in [0.25, 0.3) is 0 Å². The van der Waals surface area contributed by atoms with E-state index in [1.807, 2.05) is 0 Å². The molecule has 5 nitrogen and oxygen atoms in total. The molecule has 0 unspecified atom stereocenters. The zero-order valence-electron chi connectivity index (χ0n) is 6.18. The van der Waals surface area contributed by atoms with Crippen molar-refractivity contribution in [3.8, 4) is 11.4 Å². The molecule has 0 saturated heterocycles. The Hall–Kier alpha value is -1.91. The highest BCUT2D eigenvalue weighted by molar-refractivity contribution is 5.53. The number of hydrogen-bond acceptors (Lipinski definition) is 4. The molecule has 0 fully saturated rings. The first-order valence-corrected chi connectivity index (χ1v) is 3.36. The van der Waals surface area contributed by atoms with E-state index in [-0.39, 0.29) is 0 Å². The van der Waals surface area contributed by atoms with E-state index >= 15 is 0 Å². The van der Waals surface area contributed by atoms with Crippen LogP contribution < -0.4 is 5.84 Å². The second-order valence-electron chi connectivity index (χ2n) is 2.23.